The van der Waals surface area contributed by atoms with Gasteiger partial charge in [0, 0.05) is 0 Å². The Labute approximate surface area is 160 Å². The van der Waals surface area contributed by atoms with Crippen LogP contribution < -0.4 is 15.2 Å². The average Bonchev–Trinajstić information content (AvgIpc) is 2.60. The van der Waals surface area contributed by atoms with Crippen molar-refractivity contribution in [3.63, 3.8) is 0 Å². The van der Waals surface area contributed by atoms with Gasteiger partial charge in [-0.25, -0.2) is 0 Å². The van der Waals surface area contributed by atoms with Crippen LogP contribution in [0.3, 0.4) is 0 Å². The molecule has 2 aromatic carbocycles. The molecule has 0 bridgehead atoms. The molecule has 1 amide bonds. The first kappa shape index (κ1) is 18.8. The number of benzene rings is 2. The minimum Gasteiger partial charge on any atom is -0.490 e. The summed E-state index contributed by atoms with van der Waals surface area (Å²) in [6, 6.07) is 15.2. The number of halogens is 1. The number of nitrogens with zero attached hydrogens (tertiary/aromatic N) is 1. The second-order valence-corrected chi connectivity index (χ2v) is 6.23. The van der Waals surface area contributed by atoms with Crippen molar-refractivity contribution in [2.45, 2.75) is 13.5 Å². The highest BCUT2D eigenvalue weighted by molar-refractivity contribution is 14.1. The smallest absolute Gasteiger partial charge is 0.259 e. The summed E-state index contributed by atoms with van der Waals surface area (Å²) in [5.74, 6) is 0.416. The largest absolute Gasteiger partial charge is 0.490 e. The van der Waals surface area contributed by atoms with Crippen molar-refractivity contribution in [3.05, 3.63) is 62.7 Å². The topological polar surface area (TPSA) is 85.3 Å². The van der Waals surface area contributed by atoms with E-state index in [0.717, 1.165) is 9.13 Å². The van der Waals surface area contributed by atoms with Gasteiger partial charge in [0.15, 0.2) is 11.5 Å². The Morgan fingerprint density at radius 1 is 1.28 bits per heavy atom. The zero-order valence-corrected chi connectivity index (χ0v) is 15.8. The second-order valence-electron chi connectivity index (χ2n) is 5.07. The van der Waals surface area contributed by atoms with E-state index in [4.69, 9.17) is 20.5 Å². The Hall–Kier alpha value is -2.53. The number of nitrogens with two attached hydrogens (primary N) is 1. The van der Waals surface area contributed by atoms with E-state index in [0.29, 0.717) is 30.3 Å². The van der Waals surface area contributed by atoms with Crippen molar-refractivity contribution in [2.24, 2.45) is 5.73 Å². The van der Waals surface area contributed by atoms with E-state index in [2.05, 4.69) is 22.6 Å². The minimum absolute atomic E-state index is 0.115. The van der Waals surface area contributed by atoms with Gasteiger partial charge in [0.25, 0.3) is 5.91 Å². The van der Waals surface area contributed by atoms with Crippen molar-refractivity contribution < 1.29 is 14.3 Å². The van der Waals surface area contributed by atoms with E-state index in [1.54, 1.807) is 12.1 Å². The van der Waals surface area contributed by atoms with Gasteiger partial charge in [-0.1, -0.05) is 30.3 Å². The maximum absolute atomic E-state index is 11.2. The molecule has 6 heteroatoms. The Morgan fingerprint density at radius 3 is 2.60 bits per heavy atom. The van der Waals surface area contributed by atoms with E-state index in [1.807, 2.05) is 43.3 Å². The first-order chi connectivity index (χ1) is 12.0. The molecule has 2 rings (SSSR count). The third-order valence-electron chi connectivity index (χ3n) is 3.25. The van der Waals surface area contributed by atoms with Crippen LogP contribution in [0.1, 0.15) is 18.1 Å². The van der Waals surface area contributed by atoms with Crippen LogP contribution in [0.25, 0.3) is 6.08 Å². The monoisotopic (exact) mass is 448 g/mol. The number of rotatable bonds is 7. The van der Waals surface area contributed by atoms with Gasteiger partial charge in [-0.05, 0) is 58.9 Å². The first-order valence-corrected chi connectivity index (χ1v) is 8.67. The number of hydrogen-bond acceptors (Lipinski definition) is 4. The normalized spacial score (nSPS) is 10.8. The lowest BCUT2D eigenvalue weighted by Crippen LogP contribution is -2.12. The molecule has 0 saturated carbocycles. The highest BCUT2D eigenvalue weighted by Crippen LogP contribution is 2.35. The summed E-state index contributed by atoms with van der Waals surface area (Å²) in [7, 11) is 0. The molecular formula is C19H17IN2O3. The molecule has 0 aromatic heterocycles. The lowest BCUT2D eigenvalue weighted by molar-refractivity contribution is -0.114. The quantitative estimate of drug-likeness (QED) is 0.398. The Balaban J connectivity index is 2.34. The van der Waals surface area contributed by atoms with Crippen LogP contribution in [0, 0.1) is 14.9 Å². The molecule has 128 valence electrons. The van der Waals surface area contributed by atoms with Gasteiger partial charge in [0.05, 0.1) is 10.2 Å². The van der Waals surface area contributed by atoms with Crippen molar-refractivity contribution >= 4 is 34.6 Å². The summed E-state index contributed by atoms with van der Waals surface area (Å²) >= 11 is 2.14. The van der Waals surface area contributed by atoms with Gasteiger partial charge in [-0.3, -0.25) is 4.79 Å². The van der Waals surface area contributed by atoms with Gasteiger partial charge in [0.1, 0.15) is 18.2 Å². The Bertz CT molecular complexity index is 827. The van der Waals surface area contributed by atoms with E-state index in [-0.39, 0.29) is 5.57 Å². The first-order valence-electron chi connectivity index (χ1n) is 7.59. The predicted molar refractivity (Wildman–Crippen MR) is 104 cm³/mol. The SMILES string of the molecule is CCOc1cc(/C=C(\C#N)C(N)=O)cc(I)c1OCc1ccccc1. The molecule has 25 heavy (non-hydrogen) atoms. The fourth-order valence-corrected chi connectivity index (χ4v) is 2.91. The lowest BCUT2D eigenvalue weighted by Gasteiger charge is -2.15. The van der Waals surface area contributed by atoms with Gasteiger partial charge >= 0.3 is 0 Å². The molecule has 2 aromatic rings. The minimum atomic E-state index is -0.764. The average molecular weight is 448 g/mol. The highest BCUT2D eigenvalue weighted by Gasteiger charge is 2.13. The third kappa shape index (κ3) is 5.22. The Morgan fingerprint density at radius 2 is 2.00 bits per heavy atom. The summed E-state index contributed by atoms with van der Waals surface area (Å²) in [5, 5.41) is 8.99. The van der Waals surface area contributed by atoms with Crippen molar-refractivity contribution in [1.82, 2.24) is 0 Å². The van der Waals surface area contributed by atoms with E-state index < -0.39 is 5.91 Å². The second kappa shape index (κ2) is 9.08. The highest BCUT2D eigenvalue weighted by atomic mass is 127. The predicted octanol–water partition coefficient (Wildman–Crippen LogP) is 3.66. The molecule has 0 heterocycles. The molecule has 0 aliphatic carbocycles. The number of primary amides is 1. The van der Waals surface area contributed by atoms with Crippen LogP contribution in [0.5, 0.6) is 11.5 Å². The van der Waals surface area contributed by atoms with Gasteiger partial charge in [-0.2, -0.15) is 5.26 Å². The maximum Gasteiger partial charge on any atom is 0.259 e. The van der Waals surface area contributed by atoms with Gasteiger partial charge < -0.3 is 15.2 Å². The van der Waals surface area contributed by atoms with Crippen LogP contribution in [0.4, 0.5) is 0 Å². The molecule has 2 N–H and O–H groups in total. The van der Waals surface area contributed by atoms with Crippen LogP contribution >= 0.6 is 22.6 Å². The van der Waals surface area contributed by atoms with Crippen molar-refractivity contribution in [2.75, 3.05) is 6.61 Å². The van der Waals surface area contributed by atoms with E-state index >= 15 is 0 Å². The molecule has 0 saturated heterocycles. The van der Waals surface area contributed by atoms with Crippen molar-refractivity contribution in [1.29, 1.82) is 5.26 Å². The Kier molecular flexibility index (Phi) is 6.83. The summed E-state index contributed by atoms with van der Waals surface area (Å²) in [4.78, 5) is 11.2. The number of carbonyl (C=O) groups excluding carboxylic acids is 1. The van der Waals surface area contributed by atoms with Crippen LogP contribution in [0.15, 0.2) is 48.0 Å². The molecule has 0 spiro atoms. The number of nitriles is 1. The number of ether oxygens (including phenoxy) is 2. The van der Waals surface area contributed by atoms with E-state index in [9.17, 15) is 4.79 Å². The molecule has 0 unspecified atom stereocenters. The molecule has 0 atom stereocenters. The summed E-state index contributed by atoms with van der Waals surface area (Å²) in [6.45, 7) is 2.75. The summed E-state index contributed by atoms with van der Waals surface area (Å²) < 4.78 is 12.4. The van der Waals surface area contributed by atoms with Gasteiger partial charge in [-0.15, -0.1) is 0 Å². The van der Waals surface area contributed by atoms with Crippen molar-refractivity contribution in [3.8, 4) is 17.6 Å². The summed E-state index contributed by atoms with van der Waals surface area (Å²) in [5.41, 5.74) is 6.76. The molecular weight excluding hydrogens is 431 g/mol. The summed E-state index contributed by atoms with van der Waals surface area (Å²) in [6.07, 6.45) is 1.44. The zero-order chi connectivity index (χ0) is 18.2. The molecule has 0 aliphatic rings. The molecule has 0 aliphatic heterocycles. The zero-order valence-electron chi connectivity index (χ0n) is 13.7. The van der Waals surface area contributed by atoms with Crippen LogP contribution in [-0.4, -0.2) is 12.5 Å². The molecule has 0 fully saturated rings. The van der Waals surface area contributed by atoms with Crippen LogP contribution in [-0.2, 0) is 11.4 Å². The molecule has 0 radical (unpaired) electrons. The number of carbonyl (C=O) groups is 1. The van der Waals surface area contributed by atoms with E-state index in [1.165, 1.54) is 6.08 Å². The van der Waals surface area contributed by atoms with Gasteiger partial charge in [0.2, 0.25) is 0 Å². The number of amides is 1. The third-order valence-corrected chi connectivity index (χ3v) is 4.06. The fraction of sp³-hybridized carbons (Fsp3) is 0.158. The van der Waals surface area contributed by atoms with Crippen LogP contribution in [0.2, 0.25) is 0 Å². The molecule has 5 nitrogen and oxygen atoms in total. The lowest BCUT2D eigenvalue weighted by atomic mass is 10.1. The standard InChI is InChI=1S/C19H17IN2O3/c1-2-24-17-10-14(8-15(11-21)19(22)23)9-16(20)18(17)25-12-13-6-4-3-5-7-13/h3-10H,2,12H2,1H3,(H2,22,23)/b15-8+. The fourth-order valence-electron chi connectivity index (χ4n) is 2.13. The maximum atomic E-state index is 11.2. The number of hydrogen-bond donors (Lipinski definition) is 1.